The molecule has 1 aliphatic rings. The molecule has 6 heteroatoms. The summed E-state index contributed by atoms with van der Waals surface area (Å²) in [5, 5.41) is 0. The second kappa shape index (κ2) is 7.24. The number of benzene rings is 1. The first-order chi connectivity index (χ1) is 10.1. The Kier molecular flexibility index (Phi) is 5.61. The van der Waals surface area contributed by atoms with Crippen LogP contribution in [0, 0.1) is 0 Å². The van der Waals surface area contributed by atoms with Gasteiger partial charge in [0.2, 0.25) is 12.5 Å². The number of ether oxygens (including phenoxy) is 3. The van der Waals surface area contributed by atoms with Gasteiger partial charge in [0.15, 0.2) is 11.5 Å². The molecule has 0 amide bonds. The second-order valence-electron chi connectivity index (χ2n) is 5.18. The third-order valence-electron chi connectivity index (χ3n) is 3.88. The highest BCUT2D eigenvalue weighted by Crippen LogP contribution is 2.43. The molecule has 2 unspecified atom stereocenters. The predicted octanol–water partition coefficient (Wildman–Crippen LogP) is 2.11. The third-order valence-corrected chi connectivity index (χ3v) is 4.70. The van der Waals surface area contributed by atoms with Gasteiger partial charge in [0.25, 0.3) is 0 Å². The Bertz CT molecular complexity index is 484. The molecule has 1 aromatic carbocycles. The summed E-state index contributed by atoms with van der Waals surface area (Å²) in [5.74, 6) is 3.17. The van der Waals surface area contributed by atoms with Crippen LogP contribution in [0.4, 0.5) is 0 Å². The number of methoxy groups -OCH3 is 1. The zero-order valence-electron chi connectivity index (χ0n) is 13.1. The van der Waals surface area contributed by atoms with Crippen molar-refractivity contribution in [1.29, 1.82) is 0 Å². The summed E-state index contributed by atoms with van der Waals surface area (Å²) >= 11 is 1.84. The van der Waals surface area contributed by atoms with Crippen molar-refractivity contribution in [2.24, 2.45) is 5.73 Å². The van der Waals surface area contributed by atoms with Gasteiger partial charge in [0.1, 0.15) is 0 Å². The van der Waals surface area contributed by atoms with Crippen molar-refractivity contribution in [1.82, 2.24) is 4.90 Å². The molecule has 1 aromatic rings. The molecule has 2 atom stereocenters. The largest absolute Gasteiger partial charge is 0.493 e. The highest BCUT2D eigenvalue weighted by molar-refractivity contribution is 7.98. The molecular formula is C15H24N2O3S. The SMILES string of the molecule is COc1cc(C(CN)N(C)C(C)CSC)cc2c1OCO2. The number of fused-ring (bicyclic) bond motifs is 1. The van der Waals surface area contributed by atoms with Crippen LogP contribution in [0.25, 0.3) is 0 Å². The van der Waals surface area contributed by atoms with Gasteiger partial charge in [-0.3, -0.25) is 4.90 Å². The van der Waals surface area contributed by atoms with Crippen LogP contribution in [0.2, 0.25) is 0 Å². The van der Waals surface area contributed by atoms with Gasteiger partial charge in [0.05, 0.1) is 7.11 Å². The second-order valence-corrected chi connectivity index (χ2v) is 6.09. The van der Waals surface area contributed by atoms with Gasteiger partial charge in [-0.05, 0) is 37.9 Å². The Labute approximate surface area is 130 Å². The lowest BCUT2D eigenvalue weighted by atomic mass is 10.0. The molecule has 0 aliphatic carbocycles. The highest BCUT2D eigenvalue weighted by atomic mass is 32.2. The molecule has 0 bridgehead atoms. The maximum Gasteiger partial charge on any atom is 0.231 e. The van der Waals surface area contributed by atoms with E-state index < -0.39 is 0 Å². The number of nitrogens with zero attached hydrogens (tertiary/aromatic N) is 1. The van der Waals surface area contributed by atoms with E-state index in [0.717, 1.165) is 17.1 Å². The molecule has 1 aliphatic heterocycles. The van der Waals surface area contributed by atoms with E-state index in [4.69, 9.17) is 19.9 Å². The molecule has 0 aromatic heterocycles. The summed E-state index contributed by atoms with van der Waals surface area (Å²) in [7, 11) is 3.74. The lowest BCUT2D eigenvalue weighted by Crippen LogP contribution is -2.38. The lowest BCUT2D eigenvalue weighted by molar-refractivity contribution is 0.171. The molecule has 0 radical (unpaired) electrons. The van der Waals surface area contributed by atoms with Crippen molar-refractivity contribution >= 4 is 11.8 Å². The first kappa shape index (κ1) is 16.3. The summed E-state index contributed by atoms with van der Waals surface area (Å²) in [6.45, 7) is 2.99. The van der Waals surface area contributed by atoms with Crippen LogP contribution in [-0.2, 0) is 0 Å². The van der Waals surface area contributed by atoms with Gasteiger partial charge in [-0.2, -0.15) is 11.8 Å². The average Bonchev–Trinajstić information content (AvgIpc) is 2.95. The van der Waals surface area contributed by atoms with Crippen LogP contribution in [0.5, 0.6) is 17.2 Å². The number of rotatable bonds is 7. The molecule has 1 heterocycles. The van der Waals surface area contributed by atoms with Crippen molar-refractivity contribution < 1.29 is 14.2 Å². The zero-order valence-corrected chi connectivity index (χ0v) is 13.9. The summed E-state index contributed by atoms with van der Waals surface area (Å²) in [4.78, 5) is 2.30. The number of hydrogen-bond acceptors (Lipinski definition) is 6. The number of thioether (sulfide) groups is 1. The first-order valence-corrected chi connectivity index (χ1v) is 8.40. The molecule has 2 rings (SSSR count). The van der Waals surface area contributed by atoms with Crippen molar-refractivity contribution in [3.8, 4) is 17.2 Å². The maximum atomic E-state index is 6.02. The molecule has 0 fully saturated rings. The molecular weight excluding hydrogens is 288 g/mol. The Balaban J connectivity index is 2.30. The highest BCUT2D eigenvalue weighted by Gasteiger charge is 2.26. The standard InChI is InChI=1S/C15H24N2O3S/c1-10(8-21-4)17(2)12(7-16)11-5-13(18-3)15-14(6-11)19-9-20-15/h5-6,10,12H,7-9,16H2,1-4H3. The minimum Gasteiger partial charge on any atom is -0.493 e. The Morgan fingerprint density at radius 2 is 2.19 bits per heavy atom. The van der Waals surface area contributed by atoms with Crippen LogP contribution in [-0.4, -0.2) is 50.4 Å². The quantitative estimate of drug-likeness (QED) is 0.832. The van der Waals surface area contributed by atoms with E-state index in [1.165, 1.54) is 0 Å². The van der Waals surface area contributed by atoms with Crippen LogP contribution in [0.1, 0.15) is 18.5 Å². The van der Waals surface area contributed by atoms with Crippen LogP contribution in [0.15, 0.2) is 12.1 Å². The molecule has 5 nitrogen and oxygen atoms in total. The Hall–Kier alpha value is -1.11. The summed E-state index contributed by atoms with van der Waals surface area (Å²) < 4.78 is 16.3. The molecule has 2 N–H and O–H groups in total. The first-order valence-electron chi connectivity index (χ1n) is 7.00. The number of hydrogen-bond donors (Lipinski definition) is 1. The summed E-state index contributed by atoms with van der Waals surface area (Å²) in [6.07, 6.45) is 2.12. The topological polar surface area (TPSA) is 57.0 Å². The van der Waals surface area contributed by atoms with Crippen molar-refractivity contribution in [3.05, 3.63) is 17.7 Å². The zero-order chi connectivity index (χ0) is 15.4. The van der Waals surface area contributed by atoms with Crippen LogP contribution >= 0.6 is 11.8 Å². The van der Waals surface area contributed by atoms with E-state index in [2.05, 4.69) is 25.1 Å². The molecule has 0 saturated carbocycles. The van der Waals surface area contributed by atoms with Crippen LogP contribution in [0.3, 0.4) is 0 Å². The lowest BCUT2D eigenvalue weighted by Gasteiger charge is -2.32. The van der Waals surface area contributed by atoms with E-state index in [1.54, 1.807) is 7.11 Å². The number of nitrogens with two attached hydrogens (primary N) is 1. The summed E-state index contributed by atoms with van der Waals surface area (Å²) in [6, 6.07) is 4.55. The van der Waals surface area contributed by atoms with Crippen molar-refractivity contribution in [3.63, 3.8) is 0 Å². The minimum atomic E-state index is 0.121. The Morgan fingerprint density at radius 1 is 1.43 bits per heavy atom. The number of likely N-dealkylation sites (N-methyl/N-ethyl adjacent to an activating group) is 1. The van der Waals surface area contributed by atoms with Gasteiger partial charge in [-0.1, -0.05) is 0 Å². The molecule has 118 valence electrons. The van der Waals surface area contributed by atoms with Gasteiger partial charge < -0.3 is 19.9 Å². The smallest absolute Gasteiger partial charge is 0.231 e. The molecule has 0 saturated heterocycles. The fourth-order valence-electron chi connectivity index (χ4n) is 2.55. The minimum absolute atomic E-state index is 0.121. The van der Waals surface area contributed by atoms with Gasteiger partial charge in [-0.15, -0.1) is 0 Å². The fourth-order valence-corrected chi connectivity index (χ4v) is 3.26. The van der Waals surface area contributed by atoms with Crippen molar-refractivity contribution in [2.45, 2.75) is 19.0 Å². The van der Waals surface area contributed by atoms with E-state index in [1.807, 2.05) is 23.9 Å². The van der Waals surface area contributed by atoms with Gasteiger partial charge >= 0.3 is 0 Å². The average molecular weight is 312 g/mol. The van der Waals surface area contributed by atoms with E-state index in [0.29, 0.717) is 24.1 Å². The van der Waals surface area contributed by atoms with E-state index >= 15 is 0 Å². The summed E-state index contributed by atoms with van der Waals surface area (Å²) in [5.41, 5.74) is 7.11. The van der Waals surface area contributed by atoms with Gasteiger partial charge in [-0.25, -0.2) is 0 Å². The van der Waals surface area contributed by atoms with E-state index in [9.17, 15) is 0 Å². The van der Waals surface area contributed by atoms with E-state index in [-0.39, 0.29) is 12.8 Å². The van der Waals surface area contributed by atoms with Crippen molar-refractivity contribution in [2.75, 3.05) is 39.5 Å². The molecule has 21 heavy (non-hydrogen) atoms. The molecule has 0 spiro atoms. The Morgan fingerprint density at radius 3 is 2.81 bits per heavy atom. The van der Waals surface area contributed by atoms with Gasteiger partial charge in [0, 0.05) is 24.4 Å². The maximum absolute atomic E-state index is 6.02. The normalized spacial score (nSPS) is 16.1. The fraction of sp³-hybridized carbons (Fsp3) is 0.600. The monoisotopic (exact) mass is 312 g/mol. The predicted molar refractivity (Wildman–Crippen MR) is 86.5 cm³/mol. The third kappa shape index (κ3) is 3.39. The van der Waals surface area contributed by atoms with Crippen LogP contribution < -0.4 is 19.9 Å².